The van der Waals surface area contributed by atoms with Gasteiger partial charge in [0.25, 0.3) is 0 Å². The zero-order valence-electron chi connectivity index (χ0n) is 8.20. The Labute approximate surface area is 83.3 Å². The highest BCUT2D eigenvalue weighted by molar-refractivity contribution is 5.75. The van der Waals surface area contributed by atoms with Gasteiger partial charge in [-0.2, -0.15) is 0 Å². The van der Waals surface area contributed by atoms with E-state index in [-0.39, 0.29) is 17.7 Å². The fourth-order valence-electron chi connectivity index (χ4n) is 2.34. The molecule has 2 fully saturated rings. The molecule has 0 aromatic rings. The lowest BCUT2D eigenvalue weighted by atomic mass is 9.91. The molecule has 2 saturated heterocycles. The van der Waals surface area contributed by atoms with E-state index in [1.54, 1.807) is 4.90 Å². The molecule has 0 radical (unpaired) electrons. The molecule has 2 atom stereocenters. The van der Waals surface area contributed by atoms with Gasteiger partial charge in [0.2, 0.25) is 0 Å². The summed E-state index contributed by atoms with van der Waals surface area (Å²) >= 11 is 0. The molecule has 80 valence electrons. The topological polar surface area (TPSA) is 82.6 Å². The van der Waals surface area contributed by atoms with Gasteiger partial charge in [-0.25, -0.2) is 0 Å². The summed E-state index contributed by atoms with van der Waals surface area (Å²) in [6, 6.07) is 0. The van der Waals surface area contributed by atoms with Crippen molar-refractivity contribution < 1.29 is 9.84 Å². The van der Waals surface area contributed by atoms with E-state index in [1.165, 1.54) is 0 Å². The first-order chi connectivity index (χ1) is 6.61. The van der Waals surface area contributed by atoms with E-state index in [2.05, 4.69) is 0 Å². The number of guanidine groups is 1. The Bertz CT molecular complexity index is 246. The Kier molecular flexibility index (Phi) is 2.36. The standard InChI is InChI=1S/C9H17N3O2/c10-8(11)12-3-2-9(6-12)5-7(13)1-4-14-9/h7,13H,1-6H2,(H3,10,11). The summed E-state index contributed by atoms with van der Waals surface area (Å²) in [5.74, 6) is 0.102. The van der Waals surface area contributed by atoms with E-state index in [0.29, 0.717) is 19.6 Å². The molecule has 0 saturated carbocycles. The predicted octanol–water partition coefficient (Wildman–Crippen LogP) is -0.504. The van der Waals surface area contributed by atoms with Gasteiger partial charge in [-0.1, -0.05) is 0 Å². The van der Waals surface area contributed by atoms with Crippen molar-refractivity contribution in [3.63, 3.8) is 0 Å². The maximum absolute atomic E-state index is 9.58. The molecule has 2 unspecified atom stereocenters. The minimum absolute atomic E-state index is 0.102. The van der Waals surface area contributed by atoms with Crippen LogP contribution >= 0.6 is 0 Å². The van der Waals surface area contributed by atoms with Gasteiger partial charge in [0.15, 0.2) is 5.96 Å². The van der Waals surface area contributed by atoms with Crippen LogP contribution in [0.2, 0.25) is 0 Å². The molecule has 2 heterocycles. The van der Waals surface area contributed by atoms with E-state index >= 15 is 0 Å². The predicted molar refractivity (Wildman–Crippen MR) is 52.0 cm³/mol. The van der Waals surface area contributed by atoms with Gasteiger partial charge >= 0.3 is 0 Å². The van der Waals surface area contributed by atoms with Crippen LogP contribution in [0.1, 0.15) is 19.3 Å². The van der Waals surface area contributed by atoms with Gasteiger partial charge in [-0.15, -0.1) is 0 Å². The summed E-state index contributed by atoms with van der Waals surface area (Å²) in [5.41, 5.74) is 5.17. The number of aliphatic hydroxyl groups is 1. The first kappa shape index (κ1) is 9.73. The highest BCUT2D eigenvalue weighted by Gasteiger charge is 2.43. The number of hydrogen-bond donors (Lipinski definition) is 3. The van der Waals surface area contributed by atoms with Gasteiger partial charge in [0.05, 0.1) is 11.7 Å². The maximum atomic E-state index is 9.58. The summed E-state index contributed by atoms with van der Waals surface area (Å²) in [6.07, 6.45) is 2.01. The third kappa shape index (κ3) is 1.69. The fraction of sp³-hybridized carbons (Fsp3) is 0.889. The number of nitrogens with zero attached hydrogens (tertiary/aromatic N) is 1. The quantitative estimate of drug-likeness (QED) is 0.362. The average molecular weight is 199 g/mol. The van der Waals surface area contributed by atoms with Crippen LogP contribution in [-0.2, 0) is 4.74 Å². The fourth-order valence-corrected chi connectivity index (χ4v) is 2.34. The molecule has 0 bridgehead atoms. The van der Waals surface area contributed by atoms with Crippen molar-refractivity contribution >= 4 is 5.96 Å². The molecule has 5 heteroatoms. The number of rotatable bonds is 0. The maximum Gasteiger partial charge on any atom is 0.188 e. The van der Waals surface area contributed by atoms with Gasteiger partial charge < -0.3 is 20.5 Å². The van der Waals surface area contributed by atoms with E-state index in [1.807, 2.05) is 0 Å². The summed E-state index contributed by atoms with van der Waals surface area (Å²) in [5, 5.41) is 16.9. The number of nitrogens with two attached hydrogens (primary N) is 1. The first-order valence-electron chi connectivity index (χ1n) is 5.02. The molecule has 4 N–H and O–H groups in total. The highest BCUT2D eigenvalue weighted by Crippen LogP contribution is 2.33. The number of ether oxygens (including phenoxy) is 1. The lowest BCUT2D eigenvalue weighted by molar-refractivity contribution is -0.108. The third-order valence-electron chi connectivity index (χ3n) is 3.12. The van der Waals surface area contributed by atoms with Crippen LogP contribution < -0.4 is 5.73 Å². The smallest absolute Gasteiger partial charge is 0.188 e. The molecule has 2 rings (SSSR count). The second-order valence-corrected chi connectivity index (χ2v) is 4.23. The number of aliphatic hydroxyl groups excluding tert-OH is 1. The van der Waals surface area contributed by atoms with Crippen molar-refractivity contribution in [1.82, 2.24) is 4.90 Å². The van der Waals surface area contributed by atoms with E-state index in [4.69, 9.17) is 15.9 Å². The highest BCUT2D eigenvalue weighted by atomic mass is 16.5. The van der Waals surface area contributed by atoms with E-state index in [9.17, 15) is 5.11 Å². The van der Waals surface area contributed by atoms with Crippen LogP contribution in [0.3, 0.4) is 0 Å². The Morgan fingerprint density at radius 1 is 1.64 bits per heavy atom. The van der Waals surface area contributed by atoms with E-state index < -0.39 is 0 Å². The first-order valence-corrected chi connectivity index (χ1v) is 5.02. The summed E-state index contributed by atoms with van der Waals surface area (Å²) in [4.78, 5) is 1.80. The monoisotopic (exact) mass is 199 g/mol. The van der Waals surface area contributed by atoms with Gasteiger partial charge in [-0.05, 0) is 12.8 Å². The molecule has 0 aliphatic carbocycles. The number of hydrogen-bond acceptors (Lipinski definition) is 3. The van der Waals surface area contributed by atoms with Gasteiger partial charge in [-0.3, -0.25) is 5.41 Å². The lowest BCUT2D eigenvalue weighted by Crippen LogP contribution is -2.45. The van der Waals surface area contributed by atoms with Crippen LogP contribution in [0.4, 0.5) is 0 Å². The number of likely N-dealkylation sites (tertiary alicyclic amines) is 1. The summed E-state index contributed by atoms with van der Waals surface area (Å²) < 4.78 is 5.72. The van der Waals surface area contributed by atoms with Crippen molar-refractivity contribution in [3.8, 4) is 0 Å². The van der Waals surface area contributed by atoms with Crippen molar-refractivity contribution in [2.45, 2.75) is 31.0 Å². The molecule has 2 aliphatic rings. The largest absolute Gasteiger partial charge is 0.393 e. The van der Waals surface area contributed by atoms with Crippen molar-refractivity contribution in [2.24, 2.45) is 5.73 Å². The second kappa shape index (κ2) is 3.40. The Morgan fingerprint density at radius 2 is 2.43 bits per heavy atom. The SMILES string of the molecule is N=C(N)N1CCC2(CC(O)CCO2)C1. The number of nitrogens with one attached hydrogen (secondary N) is 1. The lowest BCUT2D eigenvalue weighted by Gasteiger charge is -2.36. The van der Waals surface area contributed by atoms with Crippen molar-refractivity contribution in [3.05, 3.63) is 0 Å². The Balaban J connectivity index is 2.01. The normalized spacial score (nSPS) is 37.8. The molecule has 0 amide bonds. The molecular weight excluding hydrogens is 182 g/mol. The van der Waals surface area contributed by atoms with Crippen LogP contribution in [0.5, 0.6) is 0 Å². The molecular formula is C9H17N3O2. The molecule has 2 aliphatic heterocycles. The Morgan fingerprint density at radius 3 is 3.00 bits per heavy atom. The third-order valence-corrected chi connectivity index (χ3v) is 3.12. The van der Waals surface area contributed by atoms with Crippen molar-refractivity contribution in [2.75, 3.05) is 19.7 Å². The zero-order chi connectivity index (χ0) is 10.2. The Hall–Kier alpha value is -0.810. The molecule has 0 aromatic carbocycles. The zero-order valence-corrected chi connectivity index (χ0v) is 8.20. The van der Waals surface area contributed by atoms with Crippen LogP contribution in [0.15, 0.2) is 0 Å². The molecule has 14 heavy (non-hydrogen) atoms. The average Bonchev–Trinajstić information content (AvgIpc) is 2.49. The van der Waals surface area contributed by atoms with Crippen molar-refractivity contribution in [1.29, 1.82) is 5.41 Å². The minimum Gasteiger partial charge on any atom is -0.393 e. The van der Waals surface area contributed by atoms with E-state index in [0.717, 1.165) is 19.4 Å². The molecule has 1 spiro atoms. The summed E-state index contributed by atoms with van der Waals surface area (Å²) in [7, 11) is 0. The van der Waals surface area contributed by atoms with Crippen LogP contribution in [0.25, 0.3) is 0 Å². The minimum atomic E-state index is -0.254. The summed E-state index contributed by atoms with van der Waals surface area (Å²) in [6.45, 7) is 2.04. The van der Waals surface area contributed by atoms with Crippen LogP contribution in [0, 0.1) is 5.41 Å². The van der Waals surface area contributed by atoms with Crippen LogP contribution in [-0.4, -0.2) is 47.4 Å². The molecule has 0 aromatic heterocycles. The molecule has 5 nitrogen and oxygen atoms in total. The van der Waals surface area contributed by atoms with Gasteiger partial charge in [0.1, 0.15) is 0 Å². The second-order valence-electron chi connectivity index (χ2n) is 4.23. The van der Waals surface area contributed by atoms with Gasteiger partial charge in [0, 0.05) is 26.1 Å².